The number of benzene rings is 1. The second-order valence-corrected chi connectivity index (χ2v) is 13.1. The lowest BCUT2D eigenvalue weighted by molar-refractivity contribution is -0.121. The van der Waals surface area contributed by atoms with E-state index in [1.165, 1.54) is 11.1 Å². The van der Waals surface area contributed by atoms with Crippen molar-refractivity contribution < 1.29 is 9.53 Å². The molecule has 3 aliphatic rings. The zero-order valence-corrected chi connectivity index (χ0v) is 29.2. The Labute approximate surface area is 289 Å². The smallest absolute Gasteiger partial charge is 0.228 e. The normalized spacial score (nSPS) is 17.9. The van der Waals surface area contributed by atoms with Gasteiger partial charge in [0, 0.05) is 56.4 Å². The third-order valence-electron chi connectivity index (χ3n) is 8.81. The van der Waals surface area contributed by atoms with Crippen LogP contribution in [0.1, 0.15) is 57.2 Å². The molecule has 1 aromatic heterocycles. The van der Waals surface area contributed by atoms with E-state index >= 15 is 0 Å². The highest BCUT2D eigenvalue weighted by Crippen LogP contribution is 2.37. The molecular formula is C38H48ClN7O2. The van der Waals surface area contributed by atoms with Crippen LogP contribution < -0.4 is 32.2 Å². The summed E-state index contributed by atoms with van der Waals surface area (Å²) >= 11 is 6.00. The molecule has 0 spiro atoms. The van der Waals surface area contributed by atoms with Crippen LogP contribution in [0.25, 0.3) is 5.57 Å². The number of nitrogens with one attached hydrogen (secondary N) is 3. The molecule has 5 rings (SSSR count). The number of amides is 1. The number of hydrogen-bond acceptors (Lipinski definition) is 8. The maximum Gasteiger partial charge on any atom is 0.228 e. The number of likely N-dealkylation sites (tertiary alicyclic amines) is 1. The van der Waals surface area contributed by atoms with Crippen molar-refractivity contribution in [2.75, 3.05) is 32.6 Å². The van der Waals surface area contributed by atoms with Crippen LogP contribution in [0, 0.1) is 11.8 Å². The molecule has 10 heteroatoms. The fraction of sp³-hybridized carbons (Fsp3) is 0.368. The summed E-state index contributed by atoms with van der Waals surface area (Å²) in [6.07, 6.45) is 16.7. The minimum absolute atomic E-state index is 0.0295. The molecular weight excluding hydrogens is 622 g/mol. The second-order valence-electron chi connectivity index (χ2n) is 12.6. The van der Waals surface area contributed by atoms with Crippen LogP contribution in [0.15, 0.2) is 101 Å². The minimum Gasteiger partial charge on any atom is -0.494 e. The summed E-state index contributed by atoms with van der Waals surface area (Å²) in [6.45, 7) is 7.11. The van der Waals surface area contributed by atoms with Crippen LogP contribution >= 0.6 is 11.6 Å². The van der Waals surface area contributed by atoms with Crippen LogP contribution in [0.3, 0.4) is 0 Å². The van der Waals surface area contributed by atoms with E-state index in [-0.39, 0.29) is 17.6 Å². The number of anilines is 1. The Morgan fingerprint density at radius 1 is 1.12 bits per heavy atom. The molecule has 2 saturated carbocycles. The average Bonchev–Trinajstić information content (AvgIpc) is 3.98. The highest BCUT2D eigenvalue weighted by atomic mass is 35.5. The van der Waals surface area contributed by atoms with Gasteiger partial charge in [0.2, 0.25) is 5.91 Å². The zero-order chi connectivity index (χ0) is 34.2. The lowest BCUT2D eigenvalue weighted by Crippen LogP contribution is -2.46. The Morgan fingerprint density at radius 2 is 1.90 bits per heavy atom. The Balaban J connectivity index is 1.40. The van der Waals surface area contributed by atoms with Crippen molar-refractivity contribution in [2.45, 2.75) is 52.5 Å². The summed E-state index contributed by atoms with van der Waals surface area (Å²) in [5.41, 5.74) is 21.3. The van der Waals surface area contributed by atoms with Crippen LogP contribution in [-0.4, -0.2) is 43.0 Å². The van der Waals surface area contributed by atoms with Gasteiger partial charge in [-0.25, -0.2) is 0 Å². The number of carbonyl (C=O) groups excluding carboxylic acids is 1. The first kappa shape index (κ1) is 34.9. The maximum absolute atomic E-state index is 12.4. The van der Waals surface area contributed by atoms with Gasteiger partial charge in [-0.2, -0.15) is 0 Å². The standard InChI is InChI=1S/C38H48ClN7O2/c1-5-6-8-25(12-11-24(2)28-21-46(22-28)23-30-18-17-29(39)20-43-30)31-9-7-10-32(37(31)48-4)44-33(35(41)36(42-3)26-13-14-26)19-34(40)45-38(47)27-15-16-27/h6-12,17-20,27-28,42,44H,5,13-16,21-23,40-41H2,1-4H3,(H,45,47)/b8-6+,24-11+,25-12+,34-19+,35-33+. The van der Waals surface area contributed by atoms with Gasteiger partial charge >= 0.3 is 0 Å². The van der Waals surface area contributed by atoms with Crippen molar-refractivity contribution in [1.82, 2.24) is 20.5 Å². The molecule has 2 aliphatic carbocycles. The first-order chi connectivity index (χ1) is 23.2. The molecule has 2 aromatic rings. The van der Waals surface area contributed by atoms with Crippen molar-refractivity contribution >= 4 is 28.8 Å². The maximum atomic E-state index is 12.4. The lowest BCUT2D eigenvalue weighted by atomic mass is 9.91. The van der Waals surface area contributed by atoms with Gasteiger partial charge in [-0.1, -0.05) is 60.5 Å². The lowest BCUT2D eigenvalue weighted by Gasteiger charge is -2.39. The number of likely N-dealkylation sites (N-methyl/N-ethyl adjacent to an activating group) is 1. The largest absolute Gasteiger partial charge is 0.494 e. The zero-order valence-electron chi connectivity index (χ0n) is 28.4. The molecule has 254 valence electrons. The highest BCUT2D eigenvalue weighted by molar-refractivity contribution is 6.30. The van der Waals surface area contributed by atoms with Gasteiger partial charge in [-0.3, -0.25) is 14.7 Å². The molecule has 0 atom stereocenters. The predicted molar refractivity (Wildman–Crippen MR) is 195 cm³/mol. The molecule has 7 N–H and O–H groups in total. The number of pyridine rings is 1. The third kappa shape index (κ3) is 9.11. The highest BCUT2D eigenvalue weighted by Gasteiger charge is 2.30. The van der Waals surface area contributed by atoms with Crippen molar-refractivity contribution in [3.05, 3.63) is 117 Å². The van der Waals surface area contributed by atoms with Gasteiger partial charge in [0.15, 0.2) is 0 Å². The van der Waals surface area contributed by atoms with Crippen LogP contribution in [0.4, 0.5) is 5.69 Å². The number of nitrogens with zero attached hydrogens (tertiary/aromatic N) is 2. The molecule has 2 heterocycles. The second kappa shape index (κ2) is 16.1. The molecule has 3 fully saturated rings. The van der Waals surface area contributed by atoms with Crippen molar-refractivity contribution in [1.29, 1.82) is 0 Å². The number of allylic oxidation sites excluding steroid dienone is 7. The summed E-state index contributed by atoms with van der Waals surface area (Å²) in [7, 11) is 3.53. The SMILES string of the molecule is CC/C=C/C(=C\C=C(/C)C1CN(Cc2ccc(Cl)cn2)C1)c1cccc(NC(/C=C(\N)NC(=O)C2CC2)=C(/N)C(NC)=C2CC2)c1OC. The van der Waals surface area contributed by atoms with E-state index in [0.29, 0.717) is 28.1 Å². The summed E-state index contributed by atoms with van der Waals surface area (Å²) < 4.78 is 6.05. The minimum atomic E-state index is -0.0651. The summed E-state index contributed by atoms with van der Waals surface area (Å²) in [5, 5.41) is 10.2. The van der Waals surface area contributed by atoms with Gasteiger partial charge in [0.1, 0.15) is 11.6 Å². The molecule has 0 bridgehead atoms. The van der Waals surface area contributed by atoms with E-state index in [0.717, 1.165) is 80.0 Å². The van der Waals surface area contributed by atoms with Gasteiger partial charge in [0.25, 0.3) is 0 Å². The number of carbonyl (C=O) groups is 1. The van der Waals surface area contributed by atoms with E-state index < -0.39 is 0 Å². The van der Waals surface area contributed by atoms with Gasteiger partial charge in [-0.05, 0) is 68.4 Å². The van der Waals surface area contributed by atoms with Crippen molar-refractivity contribution in [3.8, 4) is 5.75 Å². The molecule has 1 saturated heterocycles. The Kier molecular flexibility index (Phi) is 11.7. The fourth-order valence-corrected chi connectivity index (χ4v) is 5.80. The first-order valence-electron chi connectivity index (χ1n) is 16.7. The molecule has 1 aromatic carbocycles. The van der Waals surface area contributed by atoms with Crippen LogP contribution in [-0.2, 0) is 11.3 Å². The Bertz CT molecular complexity index is 1670. The third-order valence-corrected chi connectivity index (χ3v) is 9.04. The number of para-hydroxylation sites is 1. The Morgan fingerprint density at radius 3 is 2.52 bits per heavy atom. The van der Waals surface area contributed by atoms with Gasteiger partial charge < -0.3 is 32.2 Å². The number of rotatable bonds is 15. The Hall–Kier alpha value is -4.47. The van der Waals surface area contributed by atoms with E-state index in [1.807, 2.05) is 31.3 Å². The van der Waals surface area contributed by atoms with Gasteiger partial charge in [0.05, 0.1) is 40.6 Å². The number of halogens is 1. The summed E-state index contributed by atoms with van der Waals surface area (Å²) in [5.74, 6) is 1.35. The predicted octanol–water partition coefficient (Wildman–Crippen LogP) is 6.35. The fourth-order valence-electron chi connectivity index (χ4n) is 5.69. The van der Waals surface area contributed by atoms with E-state index in [2.05, 4.69) is 70.1 Å². The van der Waals surface area contributed by atoms with Crippen molar-refractivity contribution in [2.24, 2.45) is 23.3 Å². The molecule has 1 aliphatic heterocycles. The topological polar surface area (TPSA) is 131 Å². The summed E-state index contributed by atoms with van der Waals surface area (Å²) in [4.78, 5) is 19.3. The molecule has 0 radical (unpaired) electrons. The van der Waals surface area contributed by atoms with E-state index in [4.69, 9.17) is 27.8 Å². The first-order valence-corrected chi connectivity index (χ1v) is 17.1. The quantitative estimate of drug-likeness (QED) is 0.139. The molecule has 0 unspecified atom stereocenters. The van der Waals surface area contributed by atoms with Crippen LogP contribution in [0.2, 0.25) is 5.02 Å². The van der Waals surface area contributed by atoms with E-state index in [9.17, 15) is 4.79 Å². The average molecular weight is 670 g/mol. The molecule has 48 heavy (non-hydrogen) atoms. The van der Waals surface area contributed by atoms with E-state index in [1.54, 1.807) is 19.4 Å². The summed E-state index contributed by atoms with van der Waals surface area (Å²) in [6, 6.07) is 9.88. The number of nitrogens with two attached hydrogens (primary N) is 2. The monoisotopic (exact) mass is 669 g/mol. The number of hydrogen-bond donors (Lipinski definition) is 5. The van der Waals surface area contributed by atoms with Crippen molar-refractivity contribution in [3.63, 3.8) is 0 Å². The van der Waals surface area contributed by atoms with Gasteiger partial charge in [-0.15, -0.1) is 0 Å². The molecule has 1 amide bonds. The number of ether oxygens (including phenoxy) is 1. The number of methoxy groups -OCH3 is 1. The number of aromatic nitrogens is 1. The molecule has 9 nitrogen and oxygen atoms in total. The van der Waals surface area contributed by atoms with Crippen LogP contribution in [0.5, 0.6) is 5.75 Å².